The zero-order chi connectivity index (χ0) is 44.2. The summed E-state index contributed by atoms with van der Waals surface area (Å²) in [5, 5.41) is 29.2. The van der Waals surface area contributed by atoms with E-state index < -0.39 is 0 Å². The highest BCUT2D eigenvalue weighted by molar-refractivity contribution is 5.87. The third-order valence-corrected chi connectivity index (χ3v) is 13.4. The summed E-state index contributed by atoms with van der Waals surface area (Å²) >= 11 is 0. The average Bonchev–Trinajstić information content (AvgIpc) is 3.94. The Morgan fingerprint density at radius 3 is 1.97 bits per heavy atom. The van der Waals surface area contributed by atoms with Gasteiger partial charge in [0.2, 0.25) is 11.4 Å². The molecule has 4 N–H and O–H groups in total. The number of hydrogen-bond donors (Lipinski definition) is 4. The molecule has 9 heterocycles. The molecule has 2 aliphatic carbocycles. The summed E-state index contributed by atoms with van der Waals surface area (Å²) < 4.78 is 14.8. The number of para-hydroxylation sites is 1. The van der Waals surface area contributed by atoms with Gasteiger partial charge in [-0.25, -0.2) is 9.50 Å². The van der Waals surface area contributed by atoms with Gasteiger partial charge in [0, 0.05) is 76.5 Å². The van der Waals surface area contributed by atoms with Crippen molar-refractivity contribution in [1.82, 2.24) is 48.2 Å². The van der Waals surface area contributed by atoms with Crippen LogP contribution in [0, 0.1) is 5.92 Å². The summed E-state index contributed by atoms with van der Waals surface area (Å²) in [6.07, 6.45) is 16.5. The summed E-state index contributed by atoms with van der Waals surface area (Å²) in [5.74, 6) is 3.29. The standard InChI is InChI=1S/C52H47N15/c1-2-23-53-47-16-19-52-64(32-46(67(52)58-47)41-28-34-5-3-4-6-40(34)57-41)62-25-22-38-27-36(10-14-43(38)62)45-31-63(51-20-17-48(59-66(45)51)54-29-33-7-8-33)61-24-21-37-26-35(9-13-42(37)61)44-30-55-50-18-15-49(60-65(44)50)56-39-11-12-39/h3-6,9-10,13-22,24-28,30-33,39,57H,2,7-8,11-12,23,29H2,1H3,(H,53,58)(H,54,59)(H,56,60)/q+2. The molecule has 0 amide bonds. The molecule has 0 aliphatic heterocycles. The second-order valence-electron chi connectivity index (χ2n) is 18.1. The van der Waals surface area contributed by atoms with Gasteiger partial charge in [0.1, 0.15) is 5.82 Å². The Hall–Kier alpha value is -8.46. The molecule has 67 heavy (non-hydrogen) atoms. The molecule has 2 aliphatic rings. The molecule has 0 atom stereocenters. The van der Waals surface area contributed by atoms with Crippen LogP contribution in [0.3, 0.4) is 0 Å². The van der Waals surface area contributed by atoms with Crippen LogP contribution in [0.5, 0.6) is 0 Å². The Labute approximate surface area is 383 Å². The first-order valence-corrected chi connectivity index (χ1v) is 23.4. The minimum atomic E-state index is 0.518. The normalized spacial score (nSPS) is 14.2. The van der Waals surface area contributed by atoms with E-state index in [0.29, 0.717) is 6.04 Å². The monoisotopic (exact) mass is 881 g/mol. The van der Waals surface area contributed by atoms with Crippen LogP contribution in [0.1, 0.15) is 39.0 Å². The zero-order valence-corrected chi connectivity index (χ0v) is 36.9. The number of anilines is 3. The van der Waals surface area contributed by atoms with Crippen LogP contribution in [0.4, 0.5) is 17.5 Å². The Kier molecular flexibility index (Phi) is 8.36. The third kappa shape index (κ3) is 6.48. The van der Waals surface area contributed by atoms with Crippen molar-refractivity contribution in [3.63, 3.8) is 0 Å². The van der Waals surface area contributed by atoms with Crippen molar-refractivity contribution in [2.24, 2.45) is 5.92 Å². The molecule has 14 rings (SSSR count). The smallest absolute Gasteiger partial charge is 0.332 e. The molecule has 12 aromatic rings. The maximum Gasteiger partial charge on any atom is 0.332 e. The summed E-state index contributed by atoms with van der Waals surface area (Å²) in [6.45, 7) is 3.94. The second-order valence-corrected chi connectivity index (χ2v) is 18.1. The zero-order valence-electron chi connectivity index (χ0n) is 36.9. The fourth-order valence-electron chi connectivity index (χ4n) is 9.49. The largest absolute Gasteiger partial charge is 0.367 e. The lowest BCUT2D eigenvalue weighted by Gasteiger charge is -2.06. The summed E-state index contributed by atoms with van der Waals surface area (Å²) in [5.41, 5.74) is 11.9. The minimum Gasteiger partial charge on any atom is -0.367 e. The van der Waals surface area contributed by atoms with E-state index in [2.05, 4.69) is 184 Å². The number of hydrogen-bond acceptors (Lipinski definition) is 7. The van der Waals surface area contributed by atoms with E-state index in [1.807, 2.05) is 27.4 Å². The first-order valence-electron chi connectivity index (χ1n) is 23.4. The molecule has 0 bridgehead atoms. The molecule has 3 aromatic carbocycles. The number of nitrogens with zero attached hydrogens (tertiary/aromatic N) is 11. The molecule has 0 radical (unpaired) electrons. The lowest BCUT2D eigenvalue weighted by atomic mass is 10.1. The first kappa shape index (κ1) is 37.9. The maximum atomic E-state index is 5.23. The molecule has 2 saturated carbocycles. The molecule has 15 heteroatoms. The number of benzene rings is 3. The van der Waals surface area contributed by atoms with Crippen LogP contribution in [0.2, 0.25) is 0 Å². The lowest BCUT2D eigenvalue weighted by Crippen LogP contribution is -2.40. The van der Waals surface area contributed by atoms with E-state index in [9.17, 15) is 0 Å². The number of aromatic nitrogens is 12. The van der Waals surface area contributed by atoms with Crippen molar-refractivity contribution < 1.29 is 9.35 Å². The number of nitrogens with one attached hydrogen (secondary N) is 4. The van der Waals surface area contributed by atoms with E-state index in [-0.39, 0.29) is 0 Å². The van der Waals surface area contributed by atoms with E-state index in [0.717, 1.165) is 126 Å². The molecule has 0 spiro atoms. The Morgan fingerprint density at radius 2 is 1.27 bits per heavy atom. The molecule has 2 fully saturated rings. The maximum absolute atomic E-state index is 5.23. The topological polar surface area (TPSA) is 134 Å². The fourth-order valence-corrected chi connectivity index (χ4v) is 9.49. The Morgan fingerprint density at radius 1 is 0.612 bits per heavy atom. The van der Waals surface area contributed by atoms with Gasteiger partial charge in [-0.05, 0) is 117 Å². The van der Waals surface area contributed by atoms with Crippen LogP contribution >= 0.6 is 0 Å². The molecular formula is C52H47N15+2. The van der Waals surface area contributed by atoms with Crippen molar-refractivity contribution in [1.29, 1.82) is 0 Å². The van der Waals surface area contributed by atoms with Crippen LogP contribution in [0.25, 0.3) is 83.6 Å². The molecule has 9 aromatic heterocycles. The van der Waals surface area contributed by atoms with Crippen molar-refractivity contribution in [3.8, 4) is 33.9 Å². The summed E-state index contributed by atoms with van der Waals surface area (Å²) in [7, 11) is 0. The fraction of sp³-hybridized carbons (Fsp3) is 0.192. The summed E-state index contributed by atoms with van der Waals surface area (Å²) in [6, 6.07) is 41.2. The van der Waals surface area contributed by atoms with Gasteiger partial charge in [0.25, 0.3) is 0 Å². The number of imidazole rings is 3. The number of fused-ring (bicyclic) bond motifs is 6. The van der Waals surface area contributed by atoms with Crippen LogP contribution in [-0.4, -0.2) is 67.3 Å². The predicted octanol–water partition coefficient (Wildman–Crippen LogP) is 8.83. The van der Waals surface area contributed by atoms with Crippen LogP contribution in [0.15, 0.2) is 146 Å². The molecular weight excluding hydrogens is 835 g/mol. The Bertz CT molecular complexity index is 3850. The molecule has 0 unspecified atom stereocenters. The molecule has 328 valence electrons. The van der Waals surface area contributed by atoms with Gasteiger partial charge in [-0.2, -0.15) is 9.35 Å². The van der Waals surface area contributed by atoms with Crippen LogP contribution < -0.4 is 25.3 Å². The van der Waals surface area contributed by atoms with Crippen molar-refractivity contribution in [3.05, 3.63) is 146 Å². The van der Waals surface area contributed by atoms with Gasteiger partial charge in [0.15, 0.2) is 29.7 Å². The quantitative estimate of drug-likeness (QED) is 0.0851. The van der Waals surface area contributed by atoms with E-state index in [4.69, 9.17) is 15.3 Å². The highest BCUT2D eigenvalue weighted by atomic mass is 15.5. The molecule has 0 saturated heterocycles. The average molecular weight is 882 g/mol. The minimum absolute atomic E-state index is 0.518. The number of rotatable bonds is 13. The van der Waals surface area contributed by atoms with Crippen molar-refractivity contribution >= 4 is 67.1 Å². The number of aromatic amines is 1. The lowest BCUT2D eigenvalue weighted by molar-refractivity contribution is -0.698. The highest BCUT2D eigenvalue weighted by Crippen LogP contribution is 2.32. The van der Waals surface area contributed by atoms with Gasteiger partial charge in [-0.15, -0.1) is 14.5 Å². The van der Waals surface area contributed by atoms with Gasteiger partial charge < -0.3 is 20.9 Å². The SMILES string of the molecule is CCCNc1ccc2n(n1)c(-c1cc3ccccc3[nH]1)c[n+]2-n1ccc2cc(-c3c[n+](-n4ccc5cc(-c6cnc7ccc(NC8CC8)nn67)ccc54)c4ccc(NCC5CC5)nn34)ccc21. The Balaban J connectivity index is 0.857. The van der Waals surface area contributed by atoms with E-state index in [1.165, 1.54) is 25.7 Å². The molecule has 15 nitrogen and oxygen atoms in total. The van der Waals surface area contributed by atoms with Crippen LogP contribution in [-0.2, 0) is 0 Å². The van der Waals surface area contributed by atoms with E-state index in [1.54, 1.807) is 0 Å². The highest BCUT2D eigenvalue weighted by Gasteiger charge is 2.28. The predicted molar refractivity (Wildman–Crippen MR) is 261 cm³/mol. The van der Waals surface area contributed by atoms with Gasteiger partial charge >= 0.3 is 11.3 Å². The van der Waals surface area contributed by atoms with Gasteiger partial charge in [0.05, 0.1) is 28.6 Å². The second kappa shape index (κ2) is 14.8. The van der Waals surface area contributed by atoms with Gasteiger partial charge in [-0.1, -0.05) is 50.4 Å². The summed E-state index contributed by atoms with van der Waals surface area (Å²) in [4.78, 5) is 8.32. The van der Waals surface area contributed by atoms with Crippen molar-refractivity contribution in [2.75, 3.05) is 29.0 Å². The third-order valence-electron chi connectivity index (χ3n) is 13.4. The number of H-pyrrole nitrogens is 1. The van der Waals surface area contributed by atoms with Gasteiger partial charge in [-0.3, -0.25) is 0 Å². The van der Waals surface area contributed by atoms with Crippen molar-refractivity contribution in [2.45, 2.75) is 45.1 Å². The van der Waals surface area contributed by atoms with E-state index >= 15 is 0 Å². The first-order chi connectivity index (χ1) is 33.1.